The van der Waals surface area contributed by atoms with Crippen LogP contribution < -0.4 is 5.32 Å². The fourth-order valence-electron chi connectivity index (χ4n) is 2.33. The molecule has 0 spiro atoms. The fraction of sp³-hybridized carbons (Fsp3) is 0.462. The van der Waals surface area contributed by atoms with Crippen molar-refractivity contribution >= 4 is 34.2 Å². The molecule has 0 aromatic heterocycles. The van der Waals surface area contributed by atoms with Gasteiger partial charge >= 0.3 is 5.97 Å². The molecule has 1 fully saturated rings. The fourth-order valence-corrected chi connectivity index (χ4v) is 2.69. The highest BCUT2D eigenvalue weighted by atomic mass is 127. The van der Waals surface area contributed by atoms with Crippen molar-refractivity contribution < 1.29 is 9.90 Å². The molecule has 0 aliphatic heterocycles. The molecule has 2 unspecified atom stereocenters. The Morgan fingerprint density at radius 2 is 2.00 bits per heavy atom. The highest BCUT2D eigenvalue weighted by Gasteiger charge is 2.26. The average Bonchev–Trinajstić information content (AvgIpc) is 2.32. The van der Waals surface area contributed by atoms with Crippen molar-refractivity contribution in [1.82, 2.24) is 0 Å². The Bertz CT molecular complexity index is 391. The van der Waals surface area contributed by atoms with Crippen molar-refractivity contribution in [2.45, 2.75) is 31.7 Å². The van der Waals surface area contributed by atoms with Gasteiger partial charge in [-0.05, 0) is 66.1 Å². The molecule has 1 aromatic rings. The zero-order valence-electron chi connectivity index (χ0n) is 9.53. The molecule has 2 rings (SSSR count). The van der Waals surface area contributed by atoms with Crippen molar-refractivity contribution in [2.75, 3.05) is 5.32 Å². The summed E-state index contributed by atoms with van der Waals surface area (Å²) in [5.41, 5.74) is 1.08. The number of rotatable bonds is 3. The zero-order valence-corrected chi connectivity index (χ0v) is 11.7. The lowest BCUT2D eigenvalue weighted by Gasteiger charge is -2.28. The second-order valence-electron chi connectivity index (χ2n) is 4.55. The molecule has 1 saturated carbocycles. The van der Waals surface area contributed by atoms with Crippen LogP contribution in [0.2, 0.25) is 0 Å². The molecular formula is C13H16INO2. The van der Waals surface area contributed by atoms with Crippen molar-refractivity contribution in [3.8, 4) is 0 Å². The molecule has 92 valence electrons. The van der Waals surface area contributed by atoms with Gasteiger partial charge in [0.25, 0.3) is 0 Å². The van der Waals surface area contributed by atoms with Crippen molar-refractivity contribution in [1.29, 1.82) is 0 Å². The third-order valence-corrected chi connectivity index (χ3v) is 3.96. The Morgan fingerprint density at radius 3 is 2.65 bits per heavy atom. The average molecular weight is 345 g/mol. The lowest BCUT2D eigenvalue weighted by atomic mass is 9.85. The number of nitrogens with one attached hydrogen (secondary N) is 1. The van der Waals surface area contributed by atoms with Gasteiger partial charge in [-0.2, -0.15) is 0 Å². The number of anilines is 1. The first-order valence-corrected chi connectivity index (χ1v) is 6.98. The van der Waals surface area contributed by atoms with Crippen LogP contribution >= 0.6 is 22.6 Å². The largest absolute Gasteiger partial charge is 0.481 e. The molecule has 2 atom stereocenters. The van der Waals surface area contributed by atoms with E-state index < -0.39 is 5.97 Å². The quantitative estimate of drug-likeness (QED) is 0.826. The summed E-state index contributed by atoms with van der Waals surface area (Å²) in [7, 11) is 0. The Labute approximate surface area is 115 Å². The number of hydrogen-bond donors (Lipinski definition) is 2. The minimum atomic E-state index is -0.654. The van der Waals surface area contributed by atoms with Crippen LogP contribution in [0.3, 0.4) is 0 Å². The normalized spacial score (nSPS) is 24.3. The van der Waals surface area contributed by atoms with E-state index in [1.165, 1.54) is 3.57 Å². The smallest absolute Gasteiger partial charge is 0.306 e. The number of aliphatic carboxylic acids is 1. The molecule has 0 heterocycles. The van der Waals surface area contributed by atoms with Gasteiger partial charge in [0.2, 0.25) is 0 Å². The Kier molecular flexibility index (Phi) is 4.25. The number of benzene rings is 1. The number of carboxylic acid groups (broad SMARTS) is 1. The highest BCUT2D eigenvalue weighted by Crippen LogP contribution is 2.27. The van der Waals surface area contributed by atoms with Crippen LogP contribution in [0.4, 0.5) is 5.69 Å². The van der Waals surface area contributed by atoms with Crippen LogP contribution in [-0.4, -0.2) is 17.1 Å². The van der Waals surface area contributed by atoms with Crippen LogP contribution in [0.25, 0.3) is 0 Å². The minimum Gasteiger partial charge on any atom is -0.481 e. The summed E-state index contributed by atoms with van der Waals surface area (Å²) in [5.74, 6) is -0.829. The van der Waals surface area contributed by atoms with Crippen LogP contribution in [0.5, 0.6) is 0 Å². The molecule has 1 aliphatic rings. The maximum Gasteiger partial charge on any atom is 0.306 e. The zero-order chi connectivity index (χ0) is 12.3. The summed E-state index contributed by atoms with van der Waals surface area (Å²) < 4.78 is 1.21. The first kappa shape index (κ1) is 12.7. The van der Waals surface area contributed by atoms with Crippen LogP contribution in [-0.2, 0) is 4.79 Å². The van der Waals surface area contributed by atoms with E-state index in [1.54, 1.807) is 0 Å². The Balaban J connectivity index is 1.94. The van der Waals surface area contributed by atoms with E-state index in [4.69, 9.17) is 5.11 Å². The lowest BCUT2D eigenvalue weighted by molar-refractivity contribution is -0.142. The molecule has 2 N–H and O–H groups in total. The molecule has 0 radical (unpaired) electrons. The van der Waals surface area contributed by atoms with E-state index in [2.05, 4.69) is 40.0 Å². The van der Waals surface area contributed by atoms with E-state index in [1.807, 2.05) is 12.1 Å². The summed E-state index contributed by atoms with van der Waals surface area (Å²) in [5, 5.41) is 12.5. The van der Waals surface area contributed by atoms with E-state index in [0.717, 1.165) is 31.4 Å². The van der Waals surface area contributed by atoms with Crippen LogP contribution in [0.15, 0.2) is 24.3 Å². The molecular weight excluding hydrogens is 329 g/mol. The first-order valence-electron chi connectivity index (χ1n) is 5.90. The second-order valence-corrected chi connectivity index (χ2v) is 5.80. The molecule has 17 heavy (non-hydrogen) atoms. The highest BCUT2D eigenvalue weighted by molar-refractivity contribution is 14.1. The lowest BCUT2D eigenvalue weighted by Crippen LogP contribution is -2.30. The molecule has 0 amide bonds. The van der Waals surface area contributed by atoms with Crippen molar-refractivity contribution in [3.05, 3.63) is 27.8 Å². The van der Waals surface area contributed by atoms with E-state index in [0.29, 0.717) is 6.04 Å². The molecule has 0 bridgehead atoms. The van der Waals surface area contributed by atoms with Crippen molar-refractivity contribution in [2.24, 2.45) is 5.92 Å². The van der Waals surface area contributed by atoms with Gasteiger partial charge in [0.05, 0.1) is 5.92 Å². The monoisotopic (exact) mass is 345 g/mol. The molecule has 0 saturated heterocycles. The van der Waals surface area contributed by atoms with Gasteiger partial charge in [-0.1, -0.05) is 6.42 Å². The summed E-state index contributed by atoms with van der Waals surface area (Å²) in [6.07, 6.45) is 3.62. The van der Waals surface area contributed by atoms with Gasteiger partial charge in [-0.15, -0.1) is 0 Å². The number of hydrogen-bond acceptors (Lipinski definition) is 2. The summed E-state index contributed by atoms with van der Waals surface area (Å²) >= 11 is 2.27. The SMILES string of the molecule is O=C(O)C1CCCC(Nc2ccc(I)cc2)C1. The minimum absolute atomic E-state index is 0.176. The van der Waals surface area contributed by atoms with Gasteiger partial charge in [0.15, 0.2) is 0 Å². The van der Waals surface area contributed by atoms with E-state index in [9.17, 15) is 4.79 Å². The number of carboxylic acids is 1. The predicted octanol–water partition coefficient (Wildman–Crippen LogP) is 3.35. The first-order chi connectivity index (χ1) is 8.15. The topological polar surface area (TPSA) is 49.3 Å². The van der Waals surface area contributed by atoms with Gasteiger partial charge in [0, 0.05) is 15.3 Å². The molecule has 3 nitrogen and oxygen atoms in total. The third-order valence-electron chi connectivity index (χ3n) is 3.24. The third kappa shape index (κ3) is 3.59. The molecule has 1 aliphatic carbocycles. The summed E-state index contributed by atoms with van der Waals surface area (Å²) in [6, 6.07) is 8.50. The van der Waals surface area contributed by atoms with E-state index >= 15 is 0 Å². The molecule has 1 aromatic carbocycles. The van der Waals surface area contributed by atoms with Gasteiger partial charge in [-0.25, -0.2) is 0 Å². The maximum atomic E-state index is 11.0. The van der Waals surface area contributed by atoms with Gasteiger partial charge in [0.1, 0.15) is 0 Å². The van der Waals surface area contributed by atoms with Crippen LogP contribution in [0.1, 0.15) is 25.7 Å². The van der Waals surface area contributed by atoms with Crippen molar-refractivity contribution in [3.63, 3.8) is 0 Å². The predicted molar refractivity (Wildman–Crippen MR) is 76.2 cm³/mol. The van der Waals surface area contributed by atoms with Gasteiger partial charge < -0.3 is 10.4 Å². The van der Waals surface area contributed by atoms with Crippen LogP contribution in [0, 0.1) is 9.49 Å². The summed E-state index contributed by atoms with van der Waals surface area (Å²) in [6.45, 7) is 0. The summed E-state index contributed by atoms with van der Waals surface area (Å²) in [4.78, 5) is 11.0. The van der Waals surface area contributed by atoms with Gasteiger partial charge in [-0.3, -0.25) is 4.79 Å². The maximum absolute atomic E-state index is 11.0. The standard InChI is InChI=1S/C13H16INO2/c14-10-4-6-11(7-5-10)15-12-3-1-2-9(8-12)13(16)17/h4-7,9,12,15H,1-3,8H2,(H,16,17). The number of carbonyl (C=O) groups is 1. The van der Waals surface area contributed by atoms with E-state index in [-0.39, 0.29) is 5.92 Å². The molecule has 4 heteroatoms. The Morgan fingerprint density at radius 1 is 1.29 bits per heavy atom. The number of halogens is 1. The Hall–Kier alpha value is -0.780. The second kappa shape index (κ2) is 5.71.